The smallest absolute Gasteiger partial charge is 0.264 e. The molecule has 2 amide bonds. The maximum absolute atomic E-state index is 12.6. The van der Waals surface area contributed by atoms with Gasteiger partial charge in [0.15, 0.2) is 0 Å². The Morgan fingerprint density at radius 2 is 1.86 bits per heavy atom. The number of nitrogens with zero attached hydrogens (tertiary/aromatic N) is 4. The van der Waals surface area contributed by atoms with Crippen LogP contribution in [0.2, 0.25) is 0 Å². The zero-order chi connectivity index (χ0) is 19.5. The Morgan fingerprint density at radius 1 is 1.07 bits per heavy atom. The van der Waals surface area contributed by atoms with Crippen LogP contribution in [0.5, 0.6) is 0 Å². The lowest BCUT2D eigenvalue weighted by atomic mass is 10.1. The lowest BCUT2D eigenvalue weighted by Crippen LogP contribution is -2.51. The van der Waals surface area contributed by atoms with Gasteiger partial charge in [0.2, 0.25) is 5.91 Å². The summed E-state index contributed by atoms with van der Waals surface area (Å²) in [6.45, 7) is 2.90. The largest absolute Gasteiger partial charge is 0.366 e. The molecular formula is C21H22N4O2S. The Balaban J connectivity index is 1.37. The summed E-state index contributed by atoms with van der Waals surface area (Å²) in [5, 5.41) is 4.16. The summed E-state index contributed by atoms with van der Waals surface area (Å²) < 4.78 is 0. The fraction of sp³-hybridized carbons (Fsp3) is 0.286. The first-order valence-electron chi connectivity index (χ1n) is 9.28. The molecule has 6 nitrogen and oxygen atoms in total. The molecule has 1 aliphatic heterocycles. The van der Waals surface area contributed by atoms with Gasteiger partial charge in [0.05, 0.1) is 23.3 Å². The standard InChI is InChI=1S/C21H22N4O2S/c1-23(21(27)19-7-4-12-28-19)15-20(26)25-10-8-24(9-11-25)18-14-22-13-16-5-2-3-6-17(16)18/h2-7,12-14H,8-11,15H2,1H3. The number of hydrogen-bond acceptors (Lipinski definition) is 5. The van der Waals surface area contributed by atoms with Crippen molar-refractivity contribution in [2.24, 2.45) is 0 Å². The Kier molecular flexibility index (Phi) is 5.25. The lowest BCUT2D eigenvalue weighted by molar-refractivity contribution is -0.131. The molecule has 4 rings (SSSR count). The van der Waals surface area contributed by atoms with Gasteiger partial charge in [0.1, 0.15) is 0 Å². The minimum atomic E-state index is -0.108. The number of aromatic nitrogens is 1. The van der Waals surface area contributed by atoms with Gasteiger partial charge in [-0.25, -0.2) is 0 Å². The molecule has 28 heavy (non-hydrogen) atoms. The van der Waals surface area contributed by atoms with Gasteiger partial charge in [-0.2, -0.15) is 0 Å². The Morgan fingerprint density at radius 3 is 2.61 bits per heavy atom. The predicted molar refractivity (Wildman–Crippen MR) is 112 cm³/mol. The number of carbonyl (C=O) groups is 2. The number of hydrogen-bond donors (Lipinski definition) is 0. The van der Waals surface area contributed by atoms with E-state index in [0.717, 1.165) is 24.2 Å². The third-order valence-corrected chi connectivity index (χ3v) is 5.93. The number of pyridine rings is 1. The lowest BCUT2D eigenvalue weighted by Gasteiger charge is -2.37. The summed E-state index contributed by atoms with van der Waals surface area (Å²) in [5.41, 5.74) is 1.11. The van der Waals surface area contributed by atoms with Crippen LogP contribution < -0.4 is 4.90 Å². The third kappa shape index (κ3) is 3.71. The number of thiophene rings is 1. The van der Waals surface area contributed by atoms with Gasteiger partial charge in [0.25, 0.3) is 5.91 Å². The van der Waals surface area contributed by atoms with E-state index in [1.54, 1.807) is 13.1 Å². The molecule has 2 aromatic heterocycles. The fourth-order valence-electron chi connectivity index (χ4n) is 3.51. The molecule has 0 aliphatic carbocycles. The van der Waals surface area contributed by atoms with E-state index in [9.17, 15) is 9.59 Å². The van der Waals surface area contributed by atoms with Gasteiger partial charge in [0, 0.05) is 50.2 Å². The van der Waals surface area contributed by atoms with Crippen molar-refractivity contribution in [2.45, 2.75) is 0 Å². The van der Waals surface area contributed by atoms with Crippen molar-refractivity contribution in [3.63, 3.8) is 0 Å². The Hall–Kier alpha value is -2.93. The number of anilines is 1. The van der Waals surface area contributed by atoms with E-state index in [1.807, 2.05) is 40.9 Å². The molecule has 1 aromatic carbocycles. The van der Waals surface area contributed by atoms with E-state index < -0.39 is 0 Å². The second-order valence-electron chi connectivity index (χ2n) is 6.89. The second kappa shape index (κ2) is 7.98. The highest BCUT2D eigenvalue weighted by molar-refractivity contribution is 7.12. The number of carbonyl (C=O) groups excluding carboxylic acids is 2. The molecule has 3 aromatic rings. The molecule has 1 saturated heterocycles. The van der Waals surface area contributed by atoms with Crippen molar-refractivity contribution in [3.8, 4) is 0 Å². The number of rotatable bonds is 4. The van der Waals surface area contributed by atoms with Crippen molar-refractivity contribution in [1.29, 1.82) is 0 Å². The summed E-state index contributed by atoms with van der Waals surface area (Å²) >= 11 is 1.39. The molecule has 3 heterocycles. The van der Waals surface area contributed by atoms with Crippen LogP contribution in [0.1, 0.15) is 9.67 Å². The number of benzene rings is 1. The van der Waals surface area contributed by atoms with Crippen LogP contribution in [0.3, 0.4) is 0 Å². The number of amides is 2. The quantitative estimate of drug-likeness (QED) is 0.683. The molecule has 0 unspecified atom stereocenters. The highest BCUT2D eigenvalue weighted by Gasteiger charge is 2.24. The number of fused-ring (bicyclic) bond motifs is 1. The third-order valence-electron chi connectivity index (χ3n) is 5.07. The van der Waals surface area contributed by atoms with Crippen molar-refractivity contribution in [3.05, 3.63) is 59.0 Å². The van der Waals surface area contributed by atoms with Crippen molar-refractivity contribution in [1.82, 2.24) is 14.8 Å². The van der Waals surface area contributed by atoms with Crippen molar-refractivity contribution >= 4 is 39.6 Å². The van der Waals surface area contributed by atoms with Crippen LogP contribution in [-0.2, 0) is 4.79 Å². The Labute approximate surface area is 168 Å². The van der Waals surface area contributed by atoms with Gasteiger partial charge in [-0.05, 0) is 11.4 Å². The van der Waals surface area contributed by atoms with Crippen LogP contribution in [0.4, 0.5) is 5.69 Å². The van der Waals surface area contributed by atoms with E-state index >= 15 is 0 Å². The van der Waals surface area contributed by atoms with Gasteiger partial charge in [-0.3, -0.25) is 14.6 Å². The molecule has 0 atom stereocenters. The van der Waals surface area contributed by atoms with Crippen LogP contribution in [0.25, 0.3) is 10.8 Å². The maximum atomic E-state index is 12.6. The predicted octanol–water partition coefficient (Wildman–Crippen LogP) is 2.72. The first kappa shape index (κ1) is 18.4. The van der Waals surface area contributed by atoms with Crippen LogP contribution in [0.15, 0.2) is 54.2 Å². The summed E-state index contributed by atoms with van der Waals surface area (Å²) in [7, 11) is 1.68. The van der Waals surface area contributed by atoms with Crippen LogP contribution in [0, 0.1) is 0 Å². The Bertz CT molecular complexity index is 976. The molecule has 0 saturated carbocycles. The molecule has 1 fully saturated rings. The zero-order valence-electron chi connectivity index (χ0n) is 15.7. The van der Waals surface area contributed by atoms with E-state index in [2.05, 4.69) is 22.0 Å². The van der Waals surface area contributed by atoms with E-state index in [1.165, 1.54) is 21.6 Å². The number of likely N-dealkylation sites (N-methyl/N-ethyl adjacent to an activating group) is 1. The average Bonchev–Trinajstić information content (AvgIpc) is 3.27. The number of piperazine rings is 1. The molecule has 0 N–H and O–H groups in total. The normalized spacial score (nSPS) is 14.3. The van der Waals surface area contributed by atoms with E-state index in [0.29, 0.717) is 18.0 Å². The summed E-state index contributed by atoms with van der Waals surface area (Å²) in [5.74, 6) is -0.119. The SMILES string of the molecule is CN(CC(=O)N1CCN(c2cncc3ccccc23)CC1)C(=O)c1cccs1. The molecule has 1 aliphatic rings. The first-order chi connectivity index (χ1) is 13.6. The zero-order valence-corrected chi connectivity index (χ0v) is 16.6. The van der Waals surface area contributed by atoms with E-state index in [4.69, 9.17) is 0 Å². The fourth-order valence-corrected chi connectivity index (χ4v) is 4.23. The highest BCUT2D eigenvalue weighted by atomic mass is 32.1. The van der Waals surface area contributed by atoms with Crippen LogP contribution >= 0.6 is 11.3 Å². The van der Waals surface area contributed by atoms with E-state index in [-0.39, 0.29) is 18.4 Å². The topological polar surface area (TPSA) is 56.8 Å². The molecule has 0 radical (unpaired) electrons. The highest BCUT2D eigenvalue weighted by Crippen LogP contribution is 2.26. The van der Waals surface area contributed by atoms with Crippen molar-refractivity contribution in [2.75, 3.05) is 44.7 Å². The van der Waals surface area contributed by atoms with Gasteiger partial charge < -0.3 is 14.7 Å². The molecular weight excluding hydrogens is 372 g/mol. The first-order valence-corrected chi connectivity index (χ1v) is 10.2. The summed E-state index contributed by atoms with van der Waals surface area (Å²) in [4.78, 5) is 35.6. The van der Waals surface area contributed by atoms with Gasteiger partial charge in [-0.1, -0.05) is 30.3 Å². The second-order valence-corrected chi connectivity index (χ2v) is 7.83. The molecule has 144 valence electrons. The molecule has 0 bridgehead atoms. The summed E-state index contributed by atoms with van der Waals surface area (Å²) in [6, 6.07) is 11.8. The average molecular weight is 395 g/mol. The minimum absolute atomic E-state index is 0.0110. The maximum Gasteiger partial charge on any atom is 0.264 e. The van der Waals surface area contributed by atoms with Gasteiger partial charge in [-0.15, -0.1) is 11.3 Å². The minimum Gasteiger partial charge on any atom is -0.366 e. The molecule has 0 spiro atoms. The summed E-state index contributed by atoms with van der Waals surface area (Å²) in [6.07, 6.45) is 3.77. The van der Waals surface area contributed by atoms with Crippen LogP contribution in [-0.4, -0.2) is 66.4 Å². The van der Waals surface area contributed by atoms with Gasteiger partial charge >= 0.3 is 0 Å². The van der Waals surface area contributed by atoms with Crippen molar-refractivity contribution < 1.29 is 9.59 Å². The molecule has 7 heteroatoms. The monoisotopic (exact) mass is 394 g/mol.